The molecule has 116 valence electrons. The topological polar surface area (TPSA) is 47.1 Å². The van der Waals surface area contributed by atoms with Gasteiger partial charge in [0, 0.05) is 25.7 Å². The average molecular weight is 309 g/mol. The number of imidazole rings is 1. The van der Waals surface area contributed by atoms with Gasteiger partial charge in [-0.15, -0.1) is 12.4 Å². The molecule has 1 aromatic carbocycles. The summed E-state index contributed by atoms with van der Waals surface area (Å²) in [6, 6.07) is 8.72. The summed E-state index contributed by atoms with van der Waals surface area (Å²) in [6.45, 7) is 8.46. The van der Waals surface area contributed by atoms with Gasteiger partial charge in [-0.3, -0.25) is 4.90 Å². The van der Waals surface area contributed by atoms with Crippen LogP contribution < -0.4 is 5.73 Å². The molecule has 0 radical (unpaired) electrons. The average Bonchev–Trinajstić information content (AvgIpc) is 2.92. The van der Waals surface area contributed by atoms with Crippen LogP contribution in [0.2, 0.25) is 0 Å². The van der Waals surface area contributed by atoms with Crippen molar-refractivity contribution in [2.75, 3.05) is 13.1 Å². The van der Waals surface area contributed by atoms with E-state index in [1.54, 1.807) is 0 Å². The summed E-state index contributed by atoms with van der Waals surface area (Å²) in [4.78, 5) is 7.26. The number of aromatic nitrogens is 2. The van der Waals surface area contributed by atoms with Crippen molar-refractivity contribution >= 4 is 23.4 Å². The van der Waals surface area contributed by atoms with Gasteiger partial charge in [-0.2, -0.15) is 0 Å². The summed E-state index contributed by atoms with van der Waals surface area (Å²) >= 11 is 0. The SMILES string of the molecule is CCCn1c(CN2CC(C)C(N)C2)nc2ccccc21.Cl. The maximum Gasteiger partial charge on any atom is 0.124 e. The number of likely N-dealkylation sites (tertiary alicyclic amines) is 1. The highest BCUT2D eigenvalue weighted by atomic mass is 35.5. The lowest BCUT2D eigenvalue weighted by Gasteiger charge is -2.16. The van der Waals surface area contributed by atoms with Crippen LogP contribution in [0.1, 0.15) is 26.1 Å². The quantitative estimate of drug-likeness (QED) is 0.944. The van der Waals surface area contributed by atoms with E-state index in [-0.39, 0.29) is 12.4 Å². The standard InChI is InChI=1S/C16H24N4.ClH/c1-3-8-20-15-7-5-4-6-14(15)18-16(20)11-19-9-12(2)13(17)10-19;/h4-7,12-13H,3,8-11,17H2,1-2H3;1H. The van der Waals surface area contributed by atoms with Crippen LogP contribution in [0.3, 0.4) is 0 Å². The molecule has 2 heterocycles. The molecule has 3 rings (SSSR count). The first-order valence-electron chi connectivity index (χ1n) is 7.61. The smallest absolute Gasteiger partial charge is 0.124 e. The minimum absolute atomic E-state index is 0. The van der Waals surface area contributed by atoms with Gasteiger partial charge in [0.15, 0.2) is 0 Å². The molecular formula is C16H25ClN4. The van der Waals surface area contributed by atoms with E-state index >= 15 is 0 Å². The Labute approximate surface area is 132 Å². The predicted octanol–water partition coefficient (Wildman–Crippen LogP) is 2.65. The number of rotatable bonds is 4. The molecule has 0 saturated carbocycles. The second-order valence-corrected chi connectivity index (χ2v) is 6.00. The van der Waals surface area contributed by atoms with Gasteiger partial charge >= 0.3 is 0 Å². The van der Waals surface area contributed by atoms with E-state index in [2.05, 4.69) is 47.6 Å². The Kier molecular flexibility index (Phi) is 5.25. The van der Waals surface area contributed by atoms with Crippen molar-refractivity contribution in [2.45, 2.75) is 39.4 Å². The number of para-hydroxylation sites is 2. The summed E-state index contributed by atoms with van der Waals surface area (Å²) in [6.07, 6.45) is 1.13. The number of benzene rings is 1. The van der Waals surface area contributed by atoms with Crippen LogP contribution in [-0.2, 0) is 13.1 Å². The fourth-order valence-corrected chi connectivity index (χ4v) is 3.14. The van der Waals surface area contributed by atoms with Crippen molar-refractivity contribution in [2.24, 2.45) is 11.7 Å². The summed E-state index contributed by atoms with van der Waals surface area (Å²) in [5.74, 6) is 1.76. The summed E-state index contributed by atoms with van der Waals surface area (Å²) in [5.41, 5.74) is 8.48. The number of halogens is 1. The van der Waals surface area contributed by atoms with Crippen molar-refractivity contribution in [3.05, 3.63) is 30.1 Å². The van der Waals surface area contributed by atoms with E-state index in [9.17, 15) is 0 Å². The molecule has 4 nitrogen and oxygen atoms in total. The Morgan fingerprint density at radius 1 is 1.29 bits per heavy atom. The molecule has 2 atom stereocenters. The minimum Gasteiger partial charge on any atom is -0.327 e. The first-order valence-corrected chi connectivity index (χ1v) is 7.61. The number of nitrogens with two attached hydrogens (primary N) is 1. The minimum atomic E-state index is 0. The molecule has 0 bridgehead atoms. The molecule has 2 aromatic rings. The van der Waals surface area contributed by atoms with Crippen molar-refractivity contribution in [3.8, 4) is 0 Å². The van der Waals surface area contributed by atoms with E-state index < -0.39 is 0 Å². The molecule has 21 heavy (non-hydrogen) atoms. The van der Waals surface area contributed by atoms with Gasteiger partial charge in [-0.05, 0) is 24.5 Å². The van der Waals surface area contributed by atoms with Crippen LogP contribution in [-0.4, -0.2) is 33.6 Å². The van der Waals surface area contributed by atoms with Crippen molar-refractivity contribution < 1.29 is 0 Å². The van der Waals surface area contributed by atoms with E-state index in [1.807, 2.05) is 0 Å². The lowest BCUT2D eigenvalue weighted by molar-refractivity contribution is 0.305. The molecule has 1 fully saturated rings. The zero-order chi connectivity index (χ0) is 14.1. The number of hydrogen-bond acceptors (Lipinski definition) is 3. The third-order valence-corrected chi connectivity index (χ3v) is 4.29. The molecule has 1 saturated heterocycles. The molecule has 1 aliphatic rings. The summed E-state index contributed by atoms with van der Waals surface area (Å²) in [7, 11) is 0. The van der Waals surface area contributed by atoms with Crippen LogP contribution in [0.5, 0.6) is 0 Å². The lowest BCUT2D eigenvalue weighted by Crippen LogP contribution is -2.28. The van der Waals surface area contributed by atoms with Crippen LogP contribution >= 0.6 is 12.4 Å². The molecule has 1 aliphatic heterocycles. The van der Waals surface area contributed by atoms with E-state index in [1.165, 1.54) is 11.3 Å². The molecule has 1 aromatic heterocycles. The van der Waals surface area contributed by atoms with Crippen molar-refractivity contribution in [1.82, 2.24) is 14.5 Å². The maximum absolute atomic E-state index is 6.13. The fourth-order valence-electron chi connectivity index (χ4n) is 3.14. The largest absolute Gasteiger partial charge is 0.327 e. The predicted molar refractivity (Wildman–Crippen MR) is 89.7 cm³/mol. The molecule has 5 heteroatoms. The Bertz CT molecular complexity index is 585. The van der Waals surface area contributed by atoms with Crippen LogP contribution in [0.15, 0.2) is 24.3 Å². The van der Waals surface area contributed by atoms with Gasteiger partial charge < -0.3 is 10.3 Å². The number of aryl methyl sites for hydroxylation is 1. The normalized spacial score (nSPS) is 22.6. The van der Waals surface area contributed by atoms with Crippen molar-refractivity contribution in [3.63, 3.8) is 0 Å². The second-order valence-electron chi connectivity index (χ2n) is 6.00. The number of nitrogens with zero attached hydrogens (tertiary/aromatic N) is 3. The Morgan fingerprint density at radius 2 is 2.05 bits per heavy atom. The van der Waals surface area contributed by atoms with Crippen LogP contribution in [0.25, 0.3) is 11.0 Å². The summed E-state index contributed by atoms with van der Waals surface area (Å²) in [5, 5.41) is 0. The van der Waals surface area contributed by atoms with Gasteiger partial charge in [-0.25, -0.2) is 4.98 Å². The van der Waals surface area contributed by atoms with E-state index in [0.29, 0.717) is 12.0 Å². The highest BCUT2D eigenvalue weighted by molar-refractivity contribution is 5.85. The molecule has 0 amide bonds. The number of hydrogen-bond donors (Lipinski definition) is 1. The van der Waals surface area contributed by atoms with Gasteiger partial charge in [0.2, 0.25) is 0 Å². The zero-order valence-electron chi connectivity index (χ0n) is 12.8. The van der Waals surface area contributed by atoms with Crippen LogP contribution in [0, 0.1) is 5.92 Å². The van der Waals surface area contributed by atoms with Gasteiger partial charge in [0.1, 0.15) is 5.82 Å². The molecule has 2 unspecified atom stereocenters. The first kappa shape index (κ1) is 16.3. The molecule has 0 spiro atoms. The zero-order valence-corrected chi connectivity index (χ0v) is 13.6. The third kappa shape index (κ3) is 3.23. The van der Waals surface area contributed by atoms with Gasteiger partial charge in [0.05, 0.1) is 17.6 Å². The monoisotopic (exact) mass is 308 g/mol. The Balaban J connectivity index is 0.00000161. The van der Waals surface area contributed by atoms with E-state index in [0.717, 1.165) is 38.1 Å². The highest BCUT2D eigenvalue weighted by Crippen LogP contribution is 2.21. The summed E-state index contributed by atoms with van der Waals surface area (Å²) < 4.78 is 2.36. The highest BCUT2D eigenvalue weighted by Gasteiger charge is 2.27. The Morgan fingerprint density at radius 3 is 2.71 bits per heavy atom. The van der Waals surface area contributed by atoms with E-state index in [4.69, 9.17) is 10.7 Å². The molecular weight excluding hydrogens is 284 g/mol. The van der Waals surface area contributed by atoms with Gasteiger partial charge in [0.25, 0.3) is 0 Å². The fraction of sp³-hybridized carbons (Fsp3) is 0.562. The maximum atomic E-state index is 6.13. The molecule has 2 N–H and O–H groups in total. The van der Waals surface area contributed by atoms with Crippen molar-refractivity contribution in [1.29, 1.82) is 0 Å². The molecule has 0 aliphatic carbocycles. The third-order valence-electron chi connectivity index (χ3n) is 4.29. The number of fused-ring (bicyclic) bond motifs is 1. The first-order chi connectivity index (χ1) is 9.69. The van der Waals surface area contributed by atoms with Crippen LogP contribution in [0.4, 0.5) is 0 Å². The Hall–Kier alpha value is -1.10. The lowest BCUT2D eigenvalue weighted by atomic mass is 10.1. The van der Waals surface area contributed by atoms with Gasteiger partial charge in [-0.1, -0.05) is 26.0 Å². The second kappa shape index (κ2) is 6.77.